The van der Waals surface area contributed by atoms with Crippen molar-refractivity contribution in [1.82, 2.24) is 10.1 Å². The van der Waals surface area contributed by atoms with Crippen LogP contribution >= 0.6 is 0 Å². The van der Waals surface area contributed by atoms with Crippen molar-refractivity contribution in [3.8, 4) is 11.5 Å². The molecule has 0 aliphatic carbocycles. The SMILES string of the molecule is CCc1cc([C@@H]2CCCN2Cc2ccc(OCC(N)=O)c(OC)c2)on1. The summed E-state index contributed by atoms with van der Waals surface area (Å²) in [6.07, 6.45) is 3.07. The zero-order chi connectivity index (χ0) is 18.5. The summed E-state index contributed by atoms with van der Waals surface area (Å²) in [5, 5.41) is 4.12. The van der Waals surface area contributed by atoms with Crippen LogP contribution in [0.3, 0.4) is 0 Å². The number of carbonyl (C=O) groups excluding carboxylic acids is 1. The number of nitrogens with zero attached hydrogens (tertiary/aromatic N) is 2. The van der Waals surface area contributed by atoms with Crippen molar-refractivity contribution in [2.45, 2.75) is 38.8 Å². The van der Waals surface area contributed by atoms with Crippen LogP contribution in [-0.4, -0.2) is 36.2 Å². The van der Waals surface area contributed by atoms with Crippen LogP contribution in [0.25, 0.3) is 0 Å². The third-order valence-electron chi connectivity index (χ3n) is 4.62. The van der Waals surface area contributed by atoms with Gasteiger partial charge in [0.1, 0.15) is 0 Å². The van der Waals surface area contributed by atoms with Crippen LogP contribution in [0, 0.1) is 0 Å². The molecule has 7 heteroatoms. The number of carbonyl (C=O) groups is 1. The largest absolute Gasteiger partial charge is 0.493 e. The fraction of sp³-hybridized carbons (Fsp3) is 0.474. The molecule has 0 radical (unpaired) electrons. The maximum atomic E-state index is 10.9. The Balaban J connectivity index is 1.71. The van der Waals surface area contributed by atoms with Gasteiger partial charge in [0.25, 0.3) is 5.91 Å². The molecule has 1 aliphatic heterocycles. The van der Waals surface area contributed by atoms with Gasteiger partial charge in [-0.2, -0.15) is 0 Å². The first-order valence-corrected chi connectivity index (χ1v) is 8.88. The van der Waals surface area contributed by atoms with Gasteiger partial charge in [-0.3, -0.25) is 9.69 Å². The highest BCUT2D eigenvalue weighted by atomic mass is 16.5. The van der Waals surface area contributed by atoms with E-state index in [1.165, 1.54) is 0 Å². The molecule has 1 saturated heterocycles. The highest BCUT2D eigenvalue weighted by molar-refractivity contribution is 5.75. The minimum absolute atomic E-state index is 0.171. The molecular weight excluding hydrogens is 334 g/mol. The Morgan fingerprint density at radius 2 is 2.23 bits per heavy atom. The van der Waals surface area contributed by atoms with E-state index in [0.717, 1.165) is 49.4 Å². The summed E-state index contributed by atoms with van der Waals surface area (Å²) in [5.74, 6) is 1.52. The average Bonchev–Trinajstić information content (AvgIpc) is 3.29. The van der Waals surface area contributed by atoms with Crippen molar-refractivity contribution >= 4 is 5.91 Å². The van der Waals surface area contributed by atoms with Crippen LogP contribution in [0.1, 0.15) is 42.8 Å². The molecule has 140 valence electrons. The van der Waals surface area contributed by atoms with Gasteiger partial charge in [-0.1, -0.05) is 18.1 Å². The molecule has 2 aromatic rings. The van der Waals surface area contributed by atoms with Crippen molar-refractivity contribution in [1.29, 1.82) is 0 Å². The summed E-state index contributed by atoms with van der Waals surface area (Å²) < 4.78 is 16.3. The standard InChI is InChI=1S/C19H25N3O4/c1-3-14-10-17(26-21-14)15-5-4-8-22(15)11-13-6-7-16(18(9-13)24-2)25-12-19(20)23/h6-7,9-10,15H,3-5,8,11-12H2,1-2H3,(H2,20,23)/t15-/m0/s1. The number of ether oxygens (including phenoxy) is 2. The first kappa shape index (κ1) is 18.3. The zero-order valence-corrected chi connectivity index (χ0v) is 15.2. The molecule has 1 aliphatic rings. The fourth-order valence-electron chi connectivity index (χ4n) is 3.30. The first-order valence-electron chi connectivity index (χ1n) is 8.88. The van der Waals surface area contributed by atoms with Crippen LogP contribution in [-0.2, 0) is 17.8 Å². The number of nitrogens with two attached hydrogens (primary N) is 1. The molecule has 1 fully saturated rings. The lowest BCUT2D eigenvalue weighted by atomic mass is 10.1. The van der Waals surface area contributed by atoms with Gasteiger partial charge < -0.3 is 19.7 Å². The summed E-state index contributed by atoms with van der Waals surface area (Å²) in [4.78, 5) is 13.3. The maximum absolute atomic E-state index is 10.9. The molecule has 1 atom stereocenters. The van der Waals surface area contributed by atoms with E-state index in [9.17, 15) is 4.79 Å². The number of aromatic nitrogens is 1. The highest BCUT2D eigenvalue weighted by Crippen LogP contribution is 2.35. The Morgan fingerprint density at radius 3 is 2.92 bits per heavy atom. The number of aryl methyl sites for hydroxylation is 1. The maximum Gasteiger partial charge on any atom is 0.255 e. The predicted octanol–water partition coefficient (Wildman–Crippen LogP) is 2.45. The topological polar surface area (TPSA) is 90.8 Å². The molecule has 0 saturated carbocycles. The fourth-order valence-corrected chi connectivity index (χ4v) is 3.30. The zero-order valence-electron chi connectivity index (χ0n) is 15.2. The quantitative estimate of drug-likeness (QED) is 0.778. The summed E-state index contributed by atoms with van der Waals surface area (Å²) in [6.45, 7) is 3.69. The van der Waals surface area contributed by atoms with Crippen LogP contribution < -0.4 is 15.2 Å². The Morgan fingerprint density at radius 1 is 1.38 bits per heavy atom. The van der Waals surface area contributed by atoms with Crippen molar-refractivity contribution < 1.29 is 18.8 Å². The van der Waals surface area contributed by atoms with Gasteiger partial charge in [-0.05, 0) is 43.5 Å². The molecule has 1 amide bonds. The molecule has 2 heterocycles. The van der Waals surface area contributed by atoms with E-state index in [0.29, 0.717) is 11.5 Å². The minimum atomic E-state index is -0.519. The van der Waals surface area contributed by atoms with E-state index in [2.05, 4.69) is 23.0 Å². The van der Waals surface area contributed by atoms with E-state index >= 15 is 0 Å². The number of amides is 1. The van der Waals surface area contributed by atoms with Crippen LogP contribution in [0.2, 0.25) is 0 Å². The van der Waals surface area contributed by atoms with Crippen molar-refractivity contribution in [2.75, 3.05) is 20.3 Å². The molecule has 3 rings (SSSR count). The van der Waals surface area contributed by atoms with Gasteiger partial charge in [0, 0.05) is 12.6 Å². The lowest BCUT2D eigenvalue weighted by Crippen LogP contribution is -2.22. The number of methoxy groups -OCH3 is 1. The second kappa shape index (κ2) is 8.23. The van der Waals surface area contributed by atoms with Gasteiger partial charge >= 0.3 is 0 Å². The van der Waals surface area contributed by atoms with Crippen LogP contribution in [0.4, 0.5) is 0 Å². The van der Waals surface area contributed by atoms with Gasteiger partial charge in [-0.15, -0.1) is 0 Å². The van der Waals surface area contributed by atoms with Crippen LogP contribution in [0.15, 0.2) is 28.8 Å². The van der Waals surface area contributed by atoms with Crippen molar-refractivity contribution in [2.24, 2.45) is 5.73 Å². The van der Waals surface area contributed by atoms with Gasteiger partial charge in [0.2, 0.25) is 0 Å². The smallest absolute Gasteiger partial charge is 0.255 e. The Hall–Kier alpha value is -2.54. The molecule has 1 aromatic heterocycles. The number of benzene rings is 1. The van der Waals surface area contributed by atoms with E-state index in [1.807, 2.05) is 18.2 Å². The van der Waals surface area contributed by atoms with Crippen LogP contribution in [0.5, 0.6) is 11.5 Å². The molecular formula is C19H25N3O4. The van der Waals surface area contributed by atoms with Gasteiger partial charge in [0.05, 0.1) is 18.8 Å². The summed E-state index contributed by atoms with van der Waals surface area (Å²) >= 11 is 0. The average molecular weight is 359 g/mol. The third kappa shape index (κ3) is 4.16. The van der Waals surface area contributed by atoms with E-state index in [4.69, 9.17) is 19.7 Å². The number of hydrogen-bond donors (Lipinski definition) is 1. The molecule has 2 N–H and O–H groups in total. The number of hydrogen-bond acceptors (Lipinski definition) is 6. The molecule has 7 nitrogen and oxygen atoms in total. The Kier molecular flexibility index (Phi) is 5.78. The summed E-state index contributed by atoms with van der Waals surface area (Å²) in [6, 6.07) is 8.03. The normalized spacial score (nSPS) is 17.4. The van der Waals surface area contributed by atoms with E-state index in [-0.39, 0.29) is 12.6 Å². The second-order valence-electron chi connectivity index (χ2n) is 6.44. The predicted molar refractivity (Wildman–Crippen MR) is 95.9 cm³/mol. The lowest BCUT2D eigenvalue weighted by Gasteiger charge is -2.22. The highest BCUT2D eigenvalue weighted by Gasteiger charge is 2.29. The molecule has 0 bridgehead atoms. The van der Waals surface area contributed by atoms with Crippen molar-refractivity contribution in [3.63, 3.8) is 0 Å². The van der Waals surface area contributed by atoms with Crippen molar-refractivity contribution in [3.05, 3.63) is 41.3 Å². The number of rotatable bonds is 8. The number of primary amides is 1. The Bertz CT molecular complexity index is 759. The molecule has 0 unspecified atom stereocenters. The summed E-state index contributed by atoms with van der Waals surface area (Å²) in [7, 11) is 1.58. The minimum Gasteiger partial charge on any atom is -0.493 e. The summed E-state index contributed by atoms with van der Waals surface area (Å²) in [5.41, 5.74) is 7.22. The van der Waals surface area contributed by atoms with E-state index in [1.54, 1.807) is 7.11 Å². The lowest BCUT2D eigenvalue weighted by molar-refractivity contribution is -0.119. The van der Waals surface area contributed by atoms with Gasteiger partial charge in [0.15, 0.2) is 23.9 Å². The third-order valence-corrected chi connectivity index (χ3v) is 4.62. The van der Waals surface area contributed by atoms with Gasteiger partial charge in [-0.25, -0.2) is 0 Å². The van der Waals surface area contributed by atoms with E-state index < -0.39 is 5.91 Å². The molecule has 26 heavy (non-hydrogen) atoms. The number of likely N-dealkylation sites (tertiary alicyclic amines) is 1. The monoisotopic (exact) mass is 359 g/mol. The molecule has 1 aromatic carbocycles. The first-order chi connectivity index (χ1) is 12.6. The molecule has 0 spiro atoms. The Labute approximate surface area is 153 Å². The second-order valence-corrected chi connectivity index (χ2v) is 6.44.